The summed E-state index contributed by atoms with van der Waals surface area (Å²) >= 11 is 0. The van der Waals surface area contributed by atoms with Crippen LogP contribution in [-0.2, 0) is 0 Å². The van der Waals surface area contributed by atoms with Gasteiger partial charge in [-0.1, -0.05) is 5.16 Å². The zero-order valence-electron chi connectivity index (χ0n) is 10.5. The van der Waals surface area contributed by atoms with Gasteiger partial charge in [0.25, 0.3) is 0 Å². The Hall–Kier alpha value is -1.99. The van der Waals surface area contributed by atoms with Crippen molar-refractivity contribution < 1.29 is 18.4 Å². The summed E-state index contributed by atoms with van der Waals surface area (Å²) in [5, 5.41) is 11.5. The van der Waals surface area contributed by atoms with Crippen LogP contribution >= 0.6 is 0 Å². The molecule has 1 rings (SSSR count). The van der Waals surface area contributed by atoms with E-state index in [1.54, 1.807) is 13.8 Å². The number of hydrogen-bond donors (Lipinski definition) is 2. The third-order valence-electron chi connectivity index (χ3n) is 2.47. The fourth-order valence-corrected chi connectivity index (χ4v) is 1.62. The smallest absolute Gasteiger partial charge is 0.405 e. The summed E-state index contributed by atoms with van der Waals surface area (Å²) in [5.74, 6) is -0.259. The van der Waals surface area contributed by atoms with E-state index in [2.05, 4.69) is 10.1 Å². The van der Waals surface area contributed by atoms with Crippen molar-refractivity contribution in [3.05, 3.63) is 24.0 Å². The van der Waals surface area contributed by atoms with Gasteiger partial charge in [-0.25, -0.2) is 0 Å². The van der Waals surface area contributed by atoms with Crippen LogP contribution in [0.2, 0.25) is 0 Å². The van der Waals surface area contributed by atoms with E-state index in [1.165, 1.54) is 18.5 Å². The lowest BCUT2D eigenvalue weighted by Gasteiger charge is -2.30. The molecule has 0 unspecified atom stereocenters. The zero-order valence-corrected chi connectivity index (χ0v) is 10.5. The Morgan fingerprint density at radius 2 is 2.16 bits per heavy atom. The minimum atomic E-state index is -4.36. The molecule has 0 saturated heterocycles. The van der Waals surface area contributed by atoms with Crippen molar-refractivity contribution in [2.75, 3.05) is 11.4 Å². The van der Waals surface area contributed by atoms with Gasteiger partial charge in [0, 0.05) is 17.8 Å². The topological polar surface area (TPSA) is 74.7 Å². The summed E-state index contributed by atoms with van der Waals surface area (Å²) in [4.78, 5) is 4.89. The number of pyridine rings is 1. The van der Waals surface area contributed by atoms with Gasteiger partial charge in [-0.15, -0.1) is 0 Å². The maximum Gasteiger partial charge on any atom is 0.405 e. The summed E-state index contributed by atoms with van der Waals surface area (Å²) in [6.45, 7) is 2.10. The predicted octanol–water partition coefficient (Wildman–Crippen LogP) is 1.95. The second kappa shape index (κ2) is 5.77. The summed E-state index contributed by atoms with van der Waals surface area (Å²) in [7, 11) is 0. The van der Waals surface area contributed by atoms with Crippen LogP contribution in [0.3, 0.4) is 0 Å². The fraction of sp³-hybridized carbons (Fsp3) is 0.455. The normalized spacial score (nSPS) is 12.8. The second-order valence-electron chi connectivity index (χ2n) is 4.21. The number of amidine groups is 1. The highest BCUT2D eigenvalue weighted by atomic mass is 19.4. The minimum absolute atomic E-state index is 0.171. The van der Waals surface area contributed by atoms with Crippen LogP contribution in [0.5, 0.6) is 0 Å². The molecular formula is C11H15F3N4O. The molecule has 5 nitrogen and oxygen atoms in total. The molecule has 1 aromatic heterocycles. The number of anilines is 1. The Kier molecular flexibility index (Phi) is 4.57. The van der Waals surface area contributed by atoms with Crippen molar-refractivity contribution in [3.8, 4) is 0 Å². The molecule has 8 heteroatoms. The number of alkyl halides is 3. The van der Waals surface area contributed by atoms with E-state index in [1.807, 2.05) is 0 Å². The first-order valence-corrected chi connectivity index (χ1v) is 5.51. The molecule has 0 spiro atoms. The minimum Gasteiger partial charge on any atom is -0.409 e. The number of nitrogens with zero attached hydrogens (tertiary/aromatic N) is 3. The zero-order chi connectivity index (χ0) is 14.6. The molecule has 1 heterocycles. The van der Waals surface area contributed by atoms with Crippen molar-refractivity contribution >= 4 is 11.5 Å². The Morgan fingerprint density at radius 1 is 1.53 bits per heavy atom. The SMILES string of the molecule is CC(C)N(CC(F)(F)F)c1cnccc1/C(N)=N/O. The van der Waals surface area contributed by atoms with E-state index in [-0.39, 0.29) is 17.1 Å². The lowest BCUT2D eigenvalue weighted by Crippen LogP contribution is -2.40. The molecule has 0 amide bonds. The Morgan fingerprint density at radius 3 is 2.63 bits per heavy atom. The maximum absolute atomic E-state index is 12.6. The van der Waals surface area contributed by atoms with Crippen LogP contribution in [0.15, 0.2) is 23.6 Å². The van der Waals surface area contributed by atoms with Crippen molar-refractivity contribution in [2.24, 2.45) is 10.9 Å². The van der Waals surface area contributed by atoms with Crippen LogP contribution < -0.4 is 10.6 Å². The number of nitrogens with two attached hydrogens (primary N) is 1. The third-order valence-corrected chi connectivity index (χ3v) is 2.47. The van der Waals surface area contributed by atoms with Gasteiger partial charge in [-0.3, -0.25) is 4.98 Å². The van der Waals surface area contributed by atoms with Gasteiger partial charge in [-0.05, 0) is 19.9 Å². The predicted molar refractivity (Wildman–Crippen MR) is 65.3 cm³/mol. The van der Waals surface area contributed by atoms with Crippen LogP contribution in [0.4, 0.5) is 18.9 Å². The molecule has 19 heavy (non-hydrogen) atoms. The lowest BCUT2D eigenvalue weighted by atomic mass is 10.1. The van der Waals surface area contributed by atoms with Crippen LogP contribution in [0.1, 0.15) is 19.4 Å². The molecule has 1 aromatic rings. The molecule has 3 N–H and O–H groups in total. The van der Waals surface area contributed by atoms with Gasteiger partial charge in [0.15, 0.2) is 5.84 Å². The average molecular weight is 276 g/mol. The van der Waals surface area contributed by atoms with Crippen molar-refractivity contribution in [2.45, 2.75) is 26.1 Å². The molecule has 0 aromatic carbocycles. The van der Waals surface area contributed by atoms with Crippen molar-refractivity contribution in [1.29, 1.82) is 0 Å². The van der Waals surface area contributed by atoms with E-state index >= 15 is 0 Å². The maximum atomic E-state index is 12.6. The standard InChI is InChI=1S/C11H15F3N4O/c1-7(2)18(6-11(12,13)14)9-5-16-4-3-8(9)10(15)17-19/h3-5,7,19H,6H2,1-2H3,(H2,15,17). The Balaban J connectivity index is 3.24. The Bertz CT molecular complexity index is 459. The molecule has 0 fully saturated rings. The first kappa shape index (κ1) is 15.1. The number of oxime groups is 1. The highest BCUT2D eigenvalue weighted by Gasteiger charge is 2.33. The largest absolute Gasteiger partial charge is 0.409 e. The fourth-order valence-electron chi connectivity index (χ4n) is 1.62. The highest BCUT2D eigenvalue weighted by molar-refractivity contribution is 6.02. The summed E-state index contributed by atoms with van der Waals surface area (Å²) in [6.07, 6.45) is -1.73. The number of aromatic nitrogens is 1. The molecular weight excluding hydrogens is 261 g/mol. The molecule has 0 atom stereocenters. The number of hydrogen-bond acceptors (Lipinski definition) is 4. The van der Waals surface area contributed by atoms with E-state index in [9.17, 15) is 13.2 Å². The molecule has 0 bridgehead atoms. The third kappa shape index (κ3) is 4.01. The molecule has 0 aliphatic rings. The molecule has 0 radical (unpaired) electrons. The van der Waals surface area contributed by atoms with E-state index < -0.39 is 18.8 Å². The van der Waals surface area contributed by atoms with Gasteiger partial charge < -0.3 is 15.8 Å². The molecule has 0 aliphatic carbocycles. The first-order chi connectivity index (χ1) is 8.76. The van der Waals surface area contributed by atoms with Gasteiger partial charge in [0.05, 0.1) is 11.9 Å². The molecule has 0 aliphatic heterocycles. The van der Waals surface area contributed by atoms with Gasteiger partial charge >= 0.3 is 6.18 Å². The van der Waals surface area contributed by atoms with Gasteiger partial charge in [0.2, 0.25) is 0 Å². The van der Waals surface area contributed by atoms with Crippen molar-refractivity contribution in [1.82, 2.24) is 4.98 Å². The number of rotatable bonds is 4. The quantitative estimate of drug-likeness (QED) is 0.381. The monoisotopic (exact) mass is 276 g/mol. The average Bonchev–Trinajstić information content (AvgIpc) is 2.33. The number of halogens is 3. The second-order valence-corrected chi connectivity index (χ2v) is 4.21. The van der Waals surface area contributed by atoms with Gasteiger partial charge in [-0.2, -0.15) is 13.2 Å². The van der Waals surface area contributed by atoms with Crippen LogP contribution in [0.25, 0.3) is 0 Å². The highest BCUT2D eigenvalue weighted by Crippen LogP contribution is 2.26. The molecule has 106 valence electrons. The van der Waals surface area contributed by atoms with E-state index in [0.29, 0.717) is 0 Å². The molecule has 0 saturated carbocycles. The summed E-state index contributed by atoms with van der Waals surface area (Å²) in [5.41, 5.74) is 5.84. The lowest BCUT2D eigenvalue weighted by molar-refractivity contribution is -0.120. The van der Waals surface area contributed by atoms with E-state index in [0.717, 1.165) is 4.90 Å². The van der Waals surface area contributed by atoms with Crippen molar-refractivity contribution in [3.63, 3.8) is 0 Å². The van der Waals surface area contributed by atoms with E-state index in [4.69, 9.17) is 10.9 Å². The van der Waals surface area contributed by atoms with Crippen LogP contribution in [-0.4, -0.2) is 34.8 Å². The van der Waals surface area contributed by atoms with Gasteiger partial charge in [0.1, 0.15) is 6.54 Å². The van der Waals surface area contributed by atoms with Crippen LogP contribution in [0, 0.1) is 0 Å². The summed E-state index contributed by atoms with van der Waals surface area (Å²) < 4.78 is 37.8. The summed E-state index contributed by atoms with van der Waals surface area (Å²) in [6, 6.07) is 0.979. The Labute approximate surface area is 108 Å². The first-order valence-electron chi connectivity index (χ1n) is 5.51.